The molecule has 1 amide bonds. The number of rotatable bonds is 8. The van der Waals surface area contributed by atoms with Crippen molar-refractivity contribution in [3.63, 3.8) is 0 Å². The summed E-state index contributed by atoms with van der Waals surface area (Å²) in [5.41, 5.74) is 2.39. The van der Waals surface area contributed by atoms with Gasteiger partial charge in [-0.15, -0.1) is 12.4 Å². The summed E-state index contributed by atoms with van der Waals surface area (Å²) in [5, 5.41) is 6.15. The van der Waals surface area contributed by atoms with Gasteiger partial charge in [-0.05, 0) is 48.9 Å². The van der Waals surface area contributed by atoms with E-state index in [-0.39, 0.29) is 31.3 Å². The van der Waals surface area contributed by atoms with Crippen LogP contribution >= 0.6 is 12.4 Å². The van der Waals surface area contributed by atoms with Crippen molar-refractivity contribution in [2.45, 2.75) is 37.0 Å². The van der Waals surface area contributed by atoms with Gasteiger partial charge in [-0.3, -0.25) is 9.69 Å². The second-order valence-corrected chi connectivity index (χ2v) is 8.99. The normalized spacial score (nSPS) is 17.4. The van der Waals surface area contributed by atoms with Gasteiger partial charge in [-0.1, -0.05) is 6.07 Å². The Kier molecular flexibility index (Phi) is 9.17. The Labute approximate surface area is 174 Å². The van der Waals surface area contributed by atoms with Crippen LogP contribution in [0.3, 0.4) is 0 Å². The van der Waals surface area contributed by atoms with E-state index in [1.165, 1.54) is 12.0 Å². The molecule has 3 rings (SSSR count). The van der Waals surface area contributed by atoms with Gasteiger partial charge in [0.25, 0.3) is 0 Å². The lowest BCUT2D eigenvalue weighted by Gasteiger charge is -2.27. The summed E-state index contributed by atoms with van der Waals surface area (Å²) >= 11 is 0. The highest BCUT2D eigenvalue weighted by atomic mass is 35.5. The van der Waals surface area contributed by atoms with Crippen molar-refractivity contribution in [2.75, 3.05) is 45.8 Å². The van der Waals surface area contributed by atoms with Gasteiger partial charge in [0.05, 0.1) is 4.90 Å². The van der Waals surface area contributed by atoms with Gasteiger partial charge < -0.3 is 10.6 Å². The summed E-state index contributed by atoms with van der Waals surface area (Å²) in [7, 11) is -3.57. The van der Waals surface area contributed by atoms with Crippen LogP contribution in [0.4, 0.5) is 0 Å². The minimum absolute atomic E-state index is 0. The van der Waals surface area contributed by atoms with Gasteiger partial charge in [0.15, 0.2) is 0 Å². The van der Waals surface area contributed by atoms with E-state index in [0.29, 0.717) is 11.4 Å². The molecule has 158 valence electrons. The van der Waals surface area contributed by atoms with Gasteiger partial charge in [0.2, 0.25) is 15.9 Å². The Balaban J connectivity index is 0.00000280. The molecule has 0 aromatic heterocycles. The Morgan fingerprint density at radius 3 is 2.54 bits per heavy atom. The molecule has 0 spiro atoms. The van der Waals surface area contributed by atoms with E-state index in [2.05, 4.69) is 20.3 Å². The van der Waals surface area contributed by atoms with Crippen LogP contribution < -0.4 is 15.4 Å². The molecule has 0 atom stereocenters. The molecule has 1 heterocycles. The fourth-order valence-corrected chi connectivity index (χ4v) is 4.72. The van der Waals surface area contributed by atoms with Crippen molar-refractivity contribution in [2.24, 2.45) is 0 Å². The highest BCUT2D eigenvalue weighted by Crippen LogP contribution is 2.23. The van der Waals surface area contributed by atoms with Crippen LogP contribution in [0.25, 0.3) is 0 Å². The number of sulfonamides is 1. The minimum atomic E-state index is -3.57. The van der Waals surface area contributed by atoms with E-state index in [0.717, 1.165) is 57.5 Å². The molecule has 1 aliphatic heterocycles. The van der Waals surface area contributed by atoms with Gasteiger partial charge in [-0.2, -0.15) is 0 Å². The Bertz CT molecular complexity index is 752. The molecule has 0 radical (unpaired) electrons. The zero-order valence-electron chi connectivity index (χ0n) is 16.2. The summed E-state index contributed by atoms with van der Waals surface area (Å²) in [6.07, 6.45) is 4.39. The standard InChI is InChI=1S/C19H30N4O3S.ClH/c24-19(21-11-14-23-12-9-20-10-13-23)7-8-22-27(25,26)18-6-5-16-3-1-2-4-17(16)15-18;/h5-6,15,20,22H,1-4,7-14H2,(H,21,24);1H. The third-order valence-electron chi connectivity index (χ3n) is 5.23. The highest BCUT2D eigenvalue weighted by Gasteiger charge is 2.18. The fraction of sp³-hybridized carbons (Fsp3) is 0.632. The largest absolute Gasteiger partial charge is 0.355 e. The molecule has 2 aliphatic rings. The van der Waals surface area contributed by atoms with Crippen molar-refractivity contribution in [3.8, 4) is 0 Å². The monoisotopic (exact) mass is 430 g/mol. The lowest BCUT2D eigenvalue weighted by molar-refractivity contribution is -0.120. The molecule has 1 aliphatic carbocycles. The predicted octanol–water partition coefficient (Wildman–Crippen LogP) is 0.677. The molecular formula is C19H31ClN4O3S. The highest BCUT2D eigenvalue weighted by molar-refractivity contribution is 7.89. The van der Waals surface area contributed by atoms with E-state index in [4.69, 9.17) is 0 Å². The van der Waals surface area contributed by atoms with Gasteiger partial charge in [0, 0.05) is 52.2 Å². The van der Waals surface area contributed by atoms with Crippen molar-refractivity contribution in [1.82, 2.24) is 20.3 Å². The van der Waals surface area contributed by atoms with Crippen LogP contribution in [-0.4, -0.2) is 65.0 Å². The number of amides is 1. The van der Waals surface area contributed by atoms with Crippen LogP contribution in [0.5, 0.6) is 0 Å². The van der Waals surface area contributed by atoms with Crippen LogP contribution in [0.1, 0.15) is 30.4 Å². The summed E-state index contributed by atoms with van der Waals surface area (Å²) in [5.74, 6) is -0.127. The molecule has 0 saturated carbocycles. The SMILES string of the molecule is Cl.O=C(CCNS(=O)(=O)c1ccc2c(c1)CCCC2)NCCN1CCNCC1. The summed E-state index contributed by atoms with van der Waals surface area (Å²) < 4.78 is 27.5. The average Bonchev–Trinajstić information content (AvgIpc) is 2.68. The van der Waals surface area contributed by atoms with Crippen LogP contribution in [0.2, 0.25) is 0 Å². The average molecular weight is 431 g/mol. The predicted molar refractivity (Wildman–Crippen MR) is 112 cm³/mol. The summed E-state index contributed by atoms with van der Waals surface area (Å²) in [6, 6.07) is 5.37. The Hall–Kier alpha value is -1.19. The minimum Gasteiger partial charge on any atom is -0.355 e. The second kappa shape index (κ2) is 11.1. The number of carbonyl (C=O) groups excluding carboxylic acids is 1. The number of nitrogens with one attached hydrogen (secondary N) is 3. The number of benzene rings is 1. The van der Waals surface area contributed by atoms with E-state index in [1.807, 2.05) is 6.07 Å². The summed E-state index contributed by atoms with van der Waals surface area (Å²) in [6.45, 7) is 5.49. The fourth-order valence-electron chi connectivity index (χ4n) is 3.64. The smallest absolute Gasteiger partial charge is 0.240 e. The van der Waals surface area contributed by atoms with Gasteiger partial charge in [0.1, 0.15) is 0 Å². The molecular weight excluding hydrogens is 400 g/mol. The Morgan fingerprint density at radius 1 is 1.07 bits per heavy atom. The first-order valence-corrected chi connectivity index (χ1v) is 11.3. The number of piperazine rings is 1. The maximum absolute atomic E-state index is 12.5. The lowest BCUT2D eigenvalue weighted by Crippen LogP contribution is -2.46. The second-order valence-electron chi connectivity index (χ2n) is 7.23. The number of aryl methyl sites for hydroxylation is 2. The first-order valence-electron chi connectivity index (χ1n) is 9.86. The third-order valence-corrected chi connectivity index (χ3v) is 6.69. The van der Waals surface area contributed by atoms with E-state index < -0.39 is 10.0 Å². The maximum atomic E-state index is 12.5. The third kappa shape index (κ3) is 6.70. The van der Waals surface area contributed by atoms with Crippen LogP contribution in [-0.2, 0) is 27.7 Å². The molecule has 1 saturated heterocycles. The van der Waals surface area contributed by atoms with Gasteiger partial charge >= 0.3 is 0 Å². The number of nitrogens with zero attached hydrogens (tertiary/aromatic N) is 1. The van der Waals surface area contributed by atoms with Crippen molar-refractivity contribution in [3.05, 3.63) is 29.3 Å². The Morgan fingerprint density at radius 2 is 1.79 bits per heavy atom. The van der Waals surface area contributed by atoms with E-state index >= 15 is 0 Å². The number of fused-ring (bicyclic) bond motifs is 1. The molecule has 1 fully saturated rings. The molecule has 28 heavy (non-hydrogen) atoms. The lowest BCUT2D eigenvalue weighted by atomic mass is 9.92. The summed E-state index contributed by atoms with van der Waals surface area (Å²) in [4.78, 5) is 14.5. The quantitative estimate of drug-likeness (QED) is 0.564. The first-order chi connectivity index (χ1) is 13.0. The molecule has 0 unspecified atom stereocenters. The molecule has 1 aromatic carbocycles. The number of hydrogen-bond acceptors (Lipinski definition) is 5. The van der Waals surface area contributed by atoms with Crippen molar-refractivity contribution >= 4 is 28.3 Å². The number of carbonyl (C=O) groups is 1. The zero-order chi connectivity index (χ0) is 19.1. The molecule has 3 N–H and O–H groups in total. The first kappa shape index (κ1) is 23.1. The van der Waals surface area contributed by atoms with Crippen molar-refractivity contribution in [1.29, 1.82) is 0 Å². The number of halogens is 1. The van der Waals surface area contributed by atoms with Crippen molar-refractivity contribution < 1.29 is 13.2 Å². The molecule has 7 nitrogen and oxygen atoms in total. The van der Waals surface area contributed by atoms with E-state index in [1.54, 1.807) is 12.1 Å². The molecule has 0 bridgehead atoms. The number of hydrogen-bond donors (Lipinski definition) is 3. The topological polar surface area (TPSA) is 90.5 Å². The molecule has 9 heteroatoms. The maximum Gasteiger partial charge on any atom is 0.240 e. The van der Waals surface area contributed by atoms with Crippen LogP contribution in [0, 0.1) is 0 Å². The van der Waals surface area contributed by atoms with Crippen LogP contribution in [0.15, 0.2) is 23.1 Å². The molecule has 1 aromatic rings. The zero-order valence-corrected chi connectivity index (χ0v) is 17.8. The van der Waals surface area contributed by atoms with E-state index in [9.17, 15) is 13.2 Å². The van der Waals surface area contributed by atoms with Gasteiger partial charge in [-0.25, -0.2) is 13.1 Å².